The van der Waals surface area contributed by atoms with Crippen molar-refractivity contribution in [2.24, 2.45) is 0 Å². The molecule has 2 aromatic carbocycles. The fourth-order valence-corrected chi connectivity index (χ4v) is 5.60. The molecule has 0 aliphatic heterocycles. The summed E-state index contributed by atoms with van der Waals surface area (Å²) in [5.74, 6) is 1.87. The maximum atomic E-state index is 10.9. The van der Waals surface area contributed by atoms with Crippen LogP contribution in [0.25, 0.3) is 0 Å². The normalized spacial score (nSPS) is 12.9. The van der Waals surface area contributed by atoms with Crippen molar-refractivity contribution in [2.75, 3.05) is 19.5 Å². The van der Waals surface area contributed by atoms with E-state index in [1.165, 1.54) is 5.56 Å². The van der Waals surface area contributed by atoms with Crippen molar-refractivity contribution in [1.29, 1.82) is 0 Å². The average molecular weight is 611 g/mol. The van der Waals surface area contributed by atoms with Gasteiger partial charge in [0.15, 0.2) is 0 Å². The molecule has 0 spiro atoms. The Labute approximate surface area is 246 Å². The molecule has 9 heteroatoms. The first-order valence-corrected chi connectivity index (χ1v) is 21.8. The maximum Gasteiger partial charge on any atom is 0.264 e. The van der Waals surface area contributed by atoms with Gasteiger partial charge < -0.3 is 14.0 Å². The second-order valence-electron chi connectivity index (χ2n) is 13.5. The molecule has 0 bridgehead atoms. The van der Waals surface area contributed by atoms with Crippen molar-refractivity contribution >= 4 is 26.8 Å². The maximum absolute atomic E-state index is 10.9. The number of rotatable bonds is 12. The molecule has 228 valence electrons. The summed E-state index contributed by atoms with van der Waals surface area (Å²) in [5, 5.41) is 9.21. The van der Waals surface area contributed by atoms with Crippen molar-refractivity contribution in [3.8, 4) is 11.5 Å². The van der Waals surface area contributed by atoms with E-state index in [-0.39, 0.29) is 23.3 Å². The molecule has 40 heavy (non-hydrogen) atoms. The van der Waals surface area contributed by atoms with Gasteiger partial charge in [-0.15, -0.1) is 0 Å². The first-order valence-electron chi connectivity index (χ1n) is 14.2. The monoisotopic (exact) mass is 610 g/mol. The lowest BCUT2D eigenvalue weighted by Crippen LogP contribution is -2.43. The van der Waals surface area contributed by atoms with E-state index < -0.39 is 26.8 Å². The molecule has 0 aliphatic rings. The second kappa shape index (κ2) is 15.0. The Morgan fingerprint density at radius 3 is 1.32 bits per heavy atom. The molecule has 1 N–H and O–H groups in total. The van der Waals surface area contributed by atoms with Crippen LogP contribution >= 0.6 is 0 Å². The first-order chi connectivity index (χ1) is 18.2. The molecule has 0 aliphatic carbocycles. The van der Waals surface area contributed by atoms with Crippen molar-refractivity contribution in [2.45, 2.75) is 103 Å². The van der Waals surface area contributed by atoms with E-state index in [4.69, 9.17) is 18.1 Å². The lowest BCUT2D eigenvalue weighted by Gasteiger charge is -2.36. The minimum atomic E-state index is -3.34. The van der Waals surface area contributed by atoms with Crippen molar-refractivity contribution < 1.29 is 26.6 Å². The zero-order valence-corrected chi connectivity index (χ0v) is 29.6. The van der Waals surface area contributed by atoms with Gasteiger partial charge in [-0.3, -0.25) is 4.18 Å². The van der Waals surface area contributed by atoms with Crippen LogP contribution in [0, 0.1) is 0 Å². The molecule has 2 aromatic rings. The van der Waals surface area contributed by atoms with Gasteiger partial charge in [0.1, 0.15) is 11.5 Å². The molecular formula is C31H54O6SSi2. The van der Waals surface area contributed by atoms with Gasteiger partial charge in [-0.05, 0) is 97.3 Å². The zero-order valence-electron chi connectivity index (χ0n) is 26.8. The highest BCUT2D eigenvalue weighted by Crippen LogP contribution is 2.38. The predicted octanol–water partition coefficient (Wildman–Crippen LogP) is 7.97. The Morgan fingerprint density at radius 2 is 1.02 bits per heavy atom. The number of aryl methyl sites for hydroxylation is 2. The average Bonchev–Trinajstić information content (AvgIpc) is 2.80. The highest BCUT2D eigenvalue weighted by Gasteiger charge is 2.39. The van der Waals surface area contributed by atoms with Crippen LogP contribution in [0.2, 0.25) is 36.3 Å². The quantitative estimate of drug-likeness (QED) is 0.149. The molecule has 0 saturated carbocycles. The minimum Gasteiger partial charge on any atom is -0.544 e. The molecule has 0 heterocycles. The topological polar surface area (TPSA) is 82.1 Å². The third-order valence-electron chi connectivity index (χ3n) is 7.74. The number of hydrogen-bond acceptors (Lipinski definition) is 6. The predicted molar refractivity (Wildman–Crippen MR) is 173 cm³/mol. The van der Waals surface area contributed by atoms with Crippen molar-refractivity contribution in [3.63, 3.8) is 0 Å². The third kappa shape index (κ3) is 13.3. The number of hydrogen-bond donors (Lipinski definition) is 1. The van der Waals surface area contributed by atoms with Gasteiger partial charge in [0.05, 0.1) is 12.9 Å². The molecule has 0 atom stereocenters. The molecule has 0 radical (unpaired) electrons. The molecule has 0 unspecified atom stereocenters. The van der Waals surface area contributed by atoms with Crippen molar-refractivity contribution in [3.05, 3.63) is 59.7 Å². The van der Waals surface area contributed by atoms with Crippen LogP contribution in [0.5, 0.6) is 11.5 Å². The van der Waals surface area contributed by atoms with E-state index in [2.05, 4.69) is 79.9 Å². The molecule has 0 fully saturated rings. The van der Waals surface area contributed by atoms with Gasteiger partial charge in [-0.2, -0.15) is 8.42 Å². The summed E-state index contributed by atoms with van der Waals surface area (Å²) < 4.78 is 38.9. The largest absolute Gasteiger partial charge is 0.544 e. The third-order valence-corrected chi connectivity index (χ3v) is 17.0. The summed E-state index contributed by atoms with van der Waals surface area (Å²) in [5.41, 5.74) is 2.41. The van der Waals surface area contributed by atoms with E-state index in [1.807, 2.05) is 36.4 Å². The zero-order chi connectivity index (χ0) is 30.8. The molecular weight excluding hydrogens is 557 g/mol. The van der Waals surface area contributed by atoms with Crippen molar-refractivity contribution in [1.82, 2.24) is 0 Å². The SMILES string of the molecule is CC(C)(C)[Si](C)(C)Oc1ccc(CCCO)cc1.CC(C)(C)[Si](C)(C)Oc1ccc(CCCOS(C)(=O)=O)cc1. The Morgan fingerprint density at radius 1 is 0.675 bits per heavy atom. The Balaban J connectivity index is 0.000000408. The highest BCUT2D eigenvalue weighted by molar-refractivity contribution is 7.85. The van der Waals surface area contributed by atoms with E-state index >= 15 is 0 Å². The molecule has 0 aromatic heterocycles. The summed E-state index contributed by atoms with van der Waals surface area (Å²) in [7, 11) is -6.87. The standard InChI is InChI=1S/C16H28O4SSi.C15H26O2Si/c1-16(2,3)22(5,6)20-15-11-9-14(10-12-15)8-7-13-19-21(4,17)18;1-15(2,3)18(4,5)17-14-10-8-13(9-11-14)7-6-12-16/h9-12H,7-8,13H2,1-6H3;8-11,16H,6-7,12H2,1-5H3. The van der Waals surface area contributed by atoms with Crippen LogP contribution in [0.4, 0.5) is 0 Å². The summed E-state index contributed by atoms with van der Waals surface area (Å²) in [6.45, 7) is 22.8. The second-order valence-corrected chi connectivity index (χ2v) is 24.6. The fourth-order valence-electron chi connectivity index (χ4n) is 3.11. The Kier molecular flexibility index (Phi) is 13.6. The minimum absolute atomic E-state index is 0.175. The van der Waals surface area contributed by atoms with E-state index in [9.17, 15) is 8.42 Å². The molecule has 0 saturated heterocycles. The highest BCUT2D eigenvalue weighted by atomic mass is 32.2. The van der Waals surface area contributed by atoms with Crippen LogP contribution in [-0.2, 0) is 27.1 Å². The van der Waals surface area contributed by atoms with E-state index in [0.717, 1.165) is 42.6 Å². The smallest absolute Gasteiger partial charge is 0.264 e. The van der Waals surface area contributed by atoms with E-state index in [0.29, 0.717) is 6.42 Å². The Hall–Kier alpha value is -1.66. The lowest BCUT2D eigenvalue weighted by atomic mass is 10.1. The van der Waals surface area contributed by atoms with Gasteiger partial charge in [-0.25, -0.2) is 0 Å². The number of benzene rings is 2. The molecule has 0 amide bonds. The van der Waals surface area contributed by atoms with Crippen LogP contribution in [0.1, 0.15) is 65.5 Å². The molecule has 6 nitrogen and oxygen atoms in total. The van der Waals surface area contributed by atoms with Crippen LogP contribution < -0.4 is 8.85 Å². The van der Waals surface area contributed by atoms with Crippen LogP contribution in [0.3, 0.4) is 0 Å². The summed E-state index contributed by atoms with van der Waals surface area (Å²) in [4.78, 5) is 0. The van der Waals surface area contributed by atoms with Gasteiger partial charge in [0, 0.05) is 6.61 Å². The summed E-state index contributed by atoms with van der Waals surface area (Å²) in [6, 6.07) is 16.3. The summed E-state index contributed by atoms with van der Waals surface area (Å²) >= 11 is 0. The van der Waals surface area contributed by atoms with Gasteiger partial charge >= 0.3 is 0 Å². The van der Waals surface area contributed by atoms with Crippen LogP contribution in [0.15, 0.2) is 48.5 Å². The van der Waals surface area contributed by atoms with E-state index in [1.54, 1.807) is 0 Å². The number of aliphatic hydroxyl groups is 1. The van der Waals surface area contributed by atoms with Crippen LogP contribution in [-0.4, -0.2) is 49.6 Å². The Bertz CT molecular complexity index is 1110. The van der Waals surface area contributed by atoms with Gasteiger partial charge in [0.2, 0.25) is 16.6 Å². The van der Waals surface area contributed by atoms with Gasteiger partial charge in [-0.1, -0.05) is 65.8 Å². The first kappa shape index (κ1) is 36.4. The number of aliphatic hydroxyl groups excluding tert-OH is 1. The lowest BCUT2D eigenvalue weighted by molar-refractivity contribution is 0.288. The molecule has 2 rings (SSSR count). The fraction of sp³-hybridized carbons (Fsp3) is 0.613. The summed E-state index contributed by atoms with van der Waals surface area (Å²) in [6.07, 6.45) is 4.28. The van der Waals surface area contributed by atoms with Gasteiger partial charge in [0.25, 0.3) is 10.1 Å².